The largest absolute Gasteiger partial charge is 0.393 e. The lowest BCUT2D eigenvalue weighted by Crippen LogP contribution is -2.64. The number of aliphatic hydroxyl groups excluding tert-OH is 7. The van der Waals surface area contributed by atoms with E-state index in [1.165, 1.54) is 0 Å². The summed E-state index contributed by atoms with van der Waals surface area (Å²) in [6.45, 7) is 12.9. The van der Waals surface area contributed by atoms with Crippen molar-refractivity contribution in [2.45, 2.75) is 185 Å². The maximum atomic E-state index is 11.7. The summed E-state index contributed by atoms with van der Waals surface area (Å²) in [5, 5.41) is 76.3. The smallest absolute Gasteiger partial charge is 0.197 e. The first kappa shape index (κ1) is 38.4. The standard InChI is InChI=1S/C39H64O13/c1-16-11-27(41)39(47-15-16)17(2)28-26(52-39)14-23-21-13-25(24-12-20(40)7-9-37(24,5)22(21)8-10-38(23,28)6)50-36-33(46)34(30(43)19(4)49-36)51-35-32(45)31(44)29(42)18(3)48-35/h16-36,40-46H,7-15H2,1-6H3/t16-,17+,18+,19-,20+,21-,22+,23+,24-,25+,26+,27+,28+,29+,30-,31-,32-,33-,34+,35+,36+,37-,38+,39-/m1/s1. The Morgan fingerprint density at radius 3 is 2.02 bits per heavy atom. The van der Waals surface area contributed by atoms with E-state index in [2.05, 4.69) is 27.7 Å². The minimum atomic E-state index is -1.60. The van der Waals surface area contributed by atoms with Crippen molar-refractivity contribution in [2.75, 3.05) is 6.61 Å². The SMILES string of the molecule is C[C@H]1CO[C@]2(O[C@H]3C[C@H]4[C@@H]5C[C@H](O[C@@H]6O[C@H](C)[C@@H](O)[C@H](O[C@@H]7O[C@@H](C)[C@H](O)[C@@H](O)[C@H]7O)[C@H]6O)[C@H]6C[C@@H](O)CC[C@]6(C)[C@H]5CC[C@]4(C)[C@H]3[C@@H]2C)[C@@H](O)C1. The maximum absolute atomic E-state index is 11.7. The predicted octanol–water partition coefficient (Wildman–Crippen LogP) is 1.44. The second-order valence-corrected chi connectivity index (χ2v) is 18.9. The molecule has 8 rings (SSSR count). The normalized spacial score (nSPS) is 61.9. The van der Waals surface area contributed by atoms with Crippen molar-refractivity contribution < 1.29 is 64.2 Å². The van der Waals surface area contributed by atoms with Gasteiger partial charge in [0.2, 0.25) is 0 Å². The summed E-state index contributed by atoms with van der Waals surface area (Å²) in [5.41, 5.74) is -0.122. The summed E-state index contributed by atoms with van der Waals surface area (Å²) >= 11 is 0. The highest BCUT2D eigenvalue weighted by Crippen LogP contribution is 2.71. The number of hydrogen-bond acceptors (Lipinski definition) is 13. The lowest BCUT2D eigenvalue weighted by Gasteiger charge is -2.63. The van der Waals surface area contributed by atoms with Crippen molar-refractivity contribution in [3.63, 3.8) is 0 Å². The van der Waals surface area contributed by atoms with Crippen LogP contribution in [0.3, 0.4) is 0 Å². The third kappa shape index (κ3) is 5.73. The molecule has 0 amide bonds. The molecule has 4 aliphatic heterocycles. The van der Waals surface area contributed by atoms with E-state index in [9.17, 15) is 35.7 Å². The number of rotatable bonds is 4. The summed E-state index contributed by atoms with van der Waals surface area (Å²) in [7, 11) is 0. The molecule has 0 unspecified atom stereocenters. The molecule has 8 aliphatic rings. The molecule has 298 valence electrons. The summed E-state index contributed by atoms with van der Waals surface area (Å²) in [5.74, 6) is 0.760. The Kier molecular flexibility index (Phi) is 10.0. The molecule has 8 fully saturated rings. The van der Waals surface area contributed by atoms with Gasteiger partial charge in [-0.2, -0.15) is 0 Å². The number of hydrogen-bond donors (Lipinski definition) is 7. The zero-order valence-corrected chi connectivity index (χ0v) is 31.6. The van der Waals surface area contributed by atoms with Crippen molar-refractivity contribution in [3.8, 4) is 0 Å². The Labute approximate surface area is 307 Å². The first-order valence-corrected chi connectivity index (χ1v) is 20.2. The number of fused-ring (bicyclic) bond motifs is 7. The van der Waals surface area contributed by atoms with Crippen LogP contribution in [0.15, 0.2) is 0 Å². The van der Waals surface area contributed by atoms with Gasteiger partial charge in [-0.1, -0.05) is 27.7 Å². The number of aliphatic hydroxyl groups is 7. The summed E-state index contributed by atoms with van der Waals surface area (Å²) in [6, 6.07) is 0. The van der Waals surface area contributed by atoms with Gasteiger partial charge >= 0.3 is 0 Å². The molecule has 0 aromatic heterocycles. The molecule has 0 bridgehead atoms. The van der Waals surface area contributed by atoms with E-state index in [1.54, 1.807) is 13.8 Å². The third-order valence-electron chi connectivity index (χ3n) is 16.1. The maximum Gasteiger partial charge on any atom is 0.197 e. The molecule has 0 aromatic carbocycles. The molecule has 4 saturated carbocycles. The molecule has 4 saturated heterocycles. The first-order valence-electron chi connectivity index (χ1n) is 20.2. The highest BCUT2D eigenvalue weighted by atomic mass is 16.7. The van der Waals surface area contributed by atoms with Crippen LogP contribution in [-0.2, 0) is 28.4 Å². The molecular weight excluding hydrogens is 676 g/mol. The van der Waals surface area contributed by atoms with Crippen LogP contribution in [0.25, 0.3) is 0 Å². The minimum absolute atomic E-state index is 0.00617. The van der Waals surface area contributed by atoms with Gasteiger partial charge in [-0.25, -0.2) is 0 Å². The van der Waals surface area contributed by atoms with Crippen LogP contribution < -0.4 is 0 Å². The van der Waals surface area contributed by atoms with Gasteiger partial charge in [0.1, 0.15) is 42.7 Å². The quantitative estimate of drug-likeness (QED) is 0.205. The van der Waals surface area contributed by atoms with E-state index in [4.69, 9.17) is 28.4 Å². The van der Waals surface area contributed by atoms with Crippen molar-refractivity contribution >= 4 is 0 Å². The Bertz CT molecular complexity index is 1310. The molecule has 52 heavy (non-hydrogen) atoms. The first-order chi connectivity index (χ1) is 24.5. The Hall–Kier alpha value is -0.520. The van der Waals surface area contributed by atoms with Crippen LogP contribution in [0.4, 0.5) is 0 Å². The fourth-order valence-corrected chi connectivity index (χ4v) is 13.3. The molecule has 0 aromatic rings. The van der Waals surface area contributed by atoms with E-state index in [0.717, 1.165) is 38.5 Å². The van der Waals surface area contributed by atoms with Gasteiger partial charge in [-0.05, 0) is 112 Å². The van der Waals surface area contributed by atoms with Crippen LogP contribution in [0, 0.1) is 52.3 Å². The van der Waals surface area contributed by atoms with Gasteiger partial charge in [-0.15, -0.1) is 0 Å². The lowest BCUT2D eigenvalue weighted by molar-refractivity contribution is -0.363. The molecule has 4 aliphatic carbocycles. The van der Waals surface area contributed by atoms with Gasteiger partial charge in [0.25, 0.3) is 0 Å². The lowest BCUT2D eigenvalue weighted by atomic mass is 9.43. The van der Waals surface area contributed by atoms with Crippen molar-refractivity contribution in [2.24, 2.45) is 52.3 Å². The second kappa shape index (κ2) is 13.6. The van der Waals surface area contributed by atoms with Crippen molar-refractivity contribution in [3.05, 3.63) is 0 Å². The molecule has 4 heterocycles. The Morgan fingerprint density at radius 1 is 0.635 bits per heavy atom. The summed E-state index contributed by atoms with van der Waals surface area (Å²) in [4.78, 5) is 0. The summed E-state index contributed by atoms with van der Waals surface area (Å²) in [6.07, 6.45) is -7.54. The summed E-state index contributed by atoms with van der Waals surface area (Å²) < 4.78 is 37.9. The van der Waals surface area contributed by atoms with Gasteiger partial charge < -0.3 is 64.2 Å². The van der Waals surface area contributed by atoms with E-state index in [0.29, 0.717) is 37.2 Å². The van der Waals surface area contributed by atoms with Crippen LogP contribution in [0.1, 0.15) is 92.9 Å². The van der Waals surface area contributed by atoms with Gasteiger partial charge in [0, 0.05) is 5.92 Å². The highest BCUT2D eigenvalue weighted by molar-refractivity contribution is 5.17. The molecule has 24 atom stereocenters. The molecule has 13 nitrogen and oxygen atoms in total. The average molecular weight is 741 g/mol. The predicted molar refractivity (Wildman–Crippen MR) is 183 cm³/mol. The van der Waals surface area contributed by atoms with E-state index < -0.39 is 79.4 Å². The highest BCUT2D eigenvalue weighted by Gasteiger charge is 2.71. The molecule has 0 radical (unpaired) electrons. The van der Waals surface area contributed by atoms with E-state index in [1.807, 2.05) is 0 Å². The minimum Gasteiger partial charge on any atom is -0.393 e. The van der Waals surface area contributed by atoms with Crippen LogP contribution in [-0.4, -0.2) is 134 Å². The second-order valence-electron chi connectivity index (χ2n) is 18.9. The molecular formula is C39H64O13. The van der Waals surface area contributed by atoms with Crippen molar-refractivity contribution in [1.82, 2.24) is 0 Å². The Morgan fingerprint density at radius 2 is 1.31 bits per heavy atom. The van der Waals surface area contributed by atoms with Crippen molar-refractivity contribution in [1.29, 1.82) is 0 Å². The molecule has 1 spiro atoms. The van der Waals surface area contributed by atoms with Gasteiger partial charge in [0.15, 0.2) is 18.4 Å². The fraction of sp³-hybridized carbons (Fsp3) is 1.00. The molecule has 7 N–H and O–H groups in total. The van der Waals surface area contributed by atoms with Gasteiger partial charge in [-0.3, -0.25) is 0 Å². The third-order valence-corrected chi connectivity index (χ3v) is 16.1. The zero-order chi connectivity index (χ0) is 37.2. The monoisotopic (exact) mass is 740 g/mol. The number of ether oxygens (including phenoxy) is 6. The zero-order valence-electron chi connectivity index (χ0n) is 31.6. The Balaban J connectivity index is 1.04. The average Bonchev–Trinajstić information content (AvgIpc) is 3.55. The van der Waals surface area contributed by atoms with Crippen LogP contribution in [0.2, 0.25) is 0 Å². The van der Waals surface area contributed by atoms with E-state index >= 15 is 0 Å². The molecule has 13 heteroatoms. The van der Waals surface area contributed by atoms with Crippen LogP contribution in [0.5, 0.6) is 0 Å². The van der Waals surface area contributed by atoms with E-state index in [-0.39, 0.29) is 46.7 Å². The fourth-order valence-electron chi connectivity index (χ4n) is 13.3. The van der Waals surface area contributed by atoms with Gasteiger partial charge in [0.05, 0.1) is 37.1 Å². The topological polar surface area (TPSA) is 197 Å². The van der Waals surface area contributed by atoms with Crippen LogP contribution >= 0.6 is 0 Å².